The van der Waals surface area contributed by atoms with Crippen LogP contribution in [0.4, 0.5) is 0 Å². The first-order chi connectivity index (χ1) is 15.9. The Balaban J connectivity index is 1.91. The summed E-state index contributed by atoms with van der Waals surface area (Å²) in [4.78, 5) is 15.5. The number of aliphatic hydroxyl groups excluding tert-OH is 1. The van der Waals surface area contributed by atoms with Gasteiger partial charge in [0.15, 0.2) is 5.78 Å². The van der Waals surface area contributed by atoms with Crippen molar-refractivity contribution in [2.24, 2.45) is 15.9 Å². The third kappa shape index (κ3) is 5.72. The molecule has 0 aromatic heterocycles. The predicted molar refractivity (Wildman–Crippen MR) is 142 cm³/mol. The Kier molecular flexibility index (Phi) is 7.93. The minimum absolute atomic E-state index is 0.000559. The quantitative estimate of drug-likeness (QED) is 0.474. The molecule has 0 aliphatic carbocycles. The van der Waals surface area contributed by atoms with Crippen molar-refractivity contribution in [2.75, 3.05) is 19.7 Å². The van der Waals surface area contributed by atoms with E-state index in [0.717, 1.165) is 23.4 Å². The minimum Gasteiger partial charge on any atom is -0.507 e. The van der Waals surface area contributed by atoms with E-state index in [0.29, 0.717) is 12.1 Å². The Morgan fingerprint density at radius 2 is 1.62 bits per heavy atom. The lowest BCUT2D eigenvalue weighted by molar-refractivity contribution is 0.0959. The molecule has 3 rings (SSSR count). The fourth-order valence-electron chi connectivity index (χ4n) is 4.73. The van der Waals surface area contributed by atoms with Gasteiger partial charge in [0, 0.05) is 41.7 Å². The zero-order valence-electron chi connectivity index (χ0n) is 21.1. The molecule has 6 heteroatoms. The van der Waals surface area contributed by atoms with E-state index in [1.807, 2.05) is 76.8 Å². The van der Waals surface area contributed by atoms with Crippen molar-refractivity contribution in [1.29, 1.82) is 0 Å². The summed E-state index contributed by atoms with van der Waals surface area (Å²) in [5.74, 6) is 1.06. The van der Waals surface area contributed by atoms with Gasteiger partial charge in [-0.1, -0.05) is 71.9 Å². The van der Waals surface area contributed by atoms with E-state index in [1.54, 1.807) is 0 Å². The normalized spacial score (nSPS) is 20.2. The second kappa shape index (κ2) is 10.2. The van der Waals surface area contributed by atoms with Gasteiger partial charge in [0.2, 0.25) is 0 Å². The average Bonchev–Trinajstić information content (AvgIpc) is 3.08. The Hall–Kier alpha value is -2.18. The maximum absolute atomic E-state index is 13.5. The summed E-state index contributed by atoms with van der Waals surface area (Å²) >= 11 is 3.28. The van der Waals surface area contributed by atoms with Gasteiger partial charge in [-0.2, -0.15) is 4.02 Å². The van der Waals surface area contributed by atoms with Crippen molar-refractivity contribution in [1.82, 2.24) is 4.90 Å². The number of rotatable bonds is 6. The molecule has 0 amide bonds. The zero-order chi connectivity index (χ0) is 25.3. The van der Waals surface area contributed by atoms with E-state index in [9.17, 15) is 15.0 Å². The third-order valence-electron chi connectivity index (χ3n) is 6.68. The molecule has 0 radical (unpaired) electrons. The molecule has 2 aromatic rings. The monoisotopic (exact) mass is 528 g/mol. The fourth-order valence-corrected chi connectivity index (χ4v) is 5.21. The highest BCUT2D eigenvalue weighted by Crippen LogP contribution is 2.40. The summed E-state index contributed by atoms with van der Waals surface area (Å²) in [6.45, 7) is 13.0. The molecule has 1 saturated heterocycles. The smallest absolute Gasteiger partial charge is 0.182 e. The van der Waals surface area contributed by atoms with Gasteiger partial charge in [0.1, 0.15) is 11.6 Å². The van der Waals surface area contributed by atoms with E-state index in [2.05, 4.69) is 32.3 Å². The summed E-state index contributed by atoms with van der Waals surface area (Å²) in [5, 5.41) is 21.1. The standard InChI is InChI=1S/C28H37BrN2O3/c1-27(2,3)22-13-19(14-23(25(22)34)28(4,5)6)24(33)16-31-15-20(17-32)21(26(31)30-29)12-18-10-8-7-9-11-18/h7-11,13-14,20-21,32,34H,12,15-17H2,1-6H3/t20-,21-/m1/s1. The lowest BCUT2D eigenvalue weighted by Gasteiger charge is -2.28. The Morgan fingerprint density at radius 1 is 1.06 bits per heavy atom. The van der Waals surface area contributed by atoms with Crippen molar-refractivity contribution in [3.05, 3.63) is 64.7 Å². The van der Waals surface area contributed by atoms with Crippen LogP contribution < -0.4 is 0 Å². The van der Waals surface area contributed by atoms with E-state index in [1.165, 1.54) is 5.56 Å². The molecule has 34 heavy (non-hydrogen) atoms. The third-order valence-corrected chi connectivity index (χ3v) is 7.04. The molecule has 0 spiro atoms. The van der Waals surface area contributed by atoms with Gasteiger partial charge >= 0.3 is 0 Å². The number of likely N-dealkylation sites (tertiary alicyclic amines) is 1. The first-order valence-electron chi connectivity index (χ1n) is 11.9. The number of ketones is 1. The van der Waals surface area contributed by atoms with Gasteiger partial charge in [0.05, 0.1) is 22.7 Å². The number of Topliss-reactive ketones (excluding diaryl/α,β-unsaturated/α-hetero) is 1. The Labute approximate surface area is 212 Å². The van der Waals surface area contributed by atoms with Crippen molar-refractivity contribution < 1.29 is 15.0 Å². The van der Waals surface area contributed by atoms with Gasteiger partial charge < -0.3 is 15.1 Å². The molecule has 1 aliphatic heterocycles. The number of phenolic OH excluding ortho intramolecular Hbond substituents is 1. The summed E-state index contributed by atoms with van der Waals surface area (Å²) in [6.07, 6.45) is 0.753. The Morgan fingerprint density at radius 3 is 2.09 bits per heavy atom. The van der Waals surface area contributed by atoms with E-state index in [4.69, 9.17) is 0 Å². The number of benzene rings is 2. The number of amidine groups is 1. The molecule has 1 aliphatic rings. The summed E-state index contributed by atoms with van der Waals surface area (Å²) in [5.41, 5.74) is 2.70. The zero-order valence-corrected chi connectivity index (χ0v) is 22.7. The highest BCUT2D eigenvalue weighted by atomic mass is 79.9. The molecule has 2 atom stereocenters. The topological polar surface area (TPSA) is 73.1 Å². The molecule has 1 fully saturated rings. The molecule has 0 bridgehead atoms. The fraction of sp³-hybridized carbons (Fsp3) is 0.500. The number of nitrogens with zero attached hydrogens (tertiary/aromatic N) is 2. The molecule has 1 heterocycles. The van der Waals surface area contributed by atoms with Crippen LogP contribution in [0, 0.1) is 11.8 Å². The average molecular weight is 530 g/mol. The van der Waals surface area contributed by atoms with Crippen LogP contribution in [-0.2, 0) is 17.3 Å². The van der Waals surface area contributed by atoms with Crippen LogP contribution in [0.25, 0.3) is 0 Å². The van der Waals surface area contributed by atoms with E-state index < -0.39 is 0 Å². The number of aliphatic hydroxyl groups is 1. The lowest BCUT2D eigenvalue weighted by atomic mass is 9.78. The van der Waals surface area contributed by atoms with Crippen LogP contribution in [0.2, 0.25) is 0 Å². The van der Waals surface area contributed by atoms with Gasteiger partial charge in [-0.3, -0.25) is 4.79 Å². The minimum atomic E-state index is -0.306. The van der Waals surface area contributed by atoms with Gasteiger partial charge in [0.25, 0.3) is 0 Å². The second-order valence-corrected chi connectivity index (χ2v) is 11.8. The van der Waals surface area contributed by atoms with Crippen LogP contribution in [0.1, 0.15) is 68.6 Å². The summed E-state index contributed by atoms with van der Waals surface area (Å²) < 4.78 is 4.37. The number of phenols is 1. The molecular formula is C28H37BrN2O3. The number of carbonyl (C=O) groups excluding carboxylic acids is 1. The highest BCUT2D eigenvalue weighted by Gasteiger charge is 2.39. The SMILES string of the molecule is CC(C)(C)c1cc(C(=O)CN2C[C@H](CO)[C@@H](Cc3ccccc3)C2=NBr)cc(C(C)(C)C)c1O. The number of hydrogen-bond donors (Lipinski definition) is 2. The second-order valence-electron chi connectivity index (χ2n) is 11.4. The van der Waals surface area contributed by atoms with Gasteiger partial charge in [-0.25, -0.2) is 0 Å². The summed E-state index contributed by atoms with van der Waals surface area (Å²) in [7, 11) is 0. The van der Waals surface area contributed by atoms with Crippen molar-refractivity contribution in [2.45, 2.75) is 58.8 Å². The van der Waals surface area contributed by atoms with E-state index >= 15 is 0 Å². The number of carbonyl (C=O) groups is 1. The van der Waals surface area contributed by atoms with Crippen molar-refractivity contribution in [3.8, 4) is 5.75 Å². The van der Waals surface area contributed by atoms with Crippen molar-refractivity contribution >= 4 is 27.8 Å². The maximum Gasteiger partial charge on any atom is 0.182 e. The first kappa shape index (κ1) is 26.4. The van der Waals surface area contributed by atoms with Gasteiger partial charge in [-0.05, 0) is 34.9 Å². The van der Waals surface area contributed by atoms with Crippen molar-refractivity contribution in [3.63, 3.8) is 0 Å². The highest BCUT2D eigenvalue weighted by molar-refractivity contribution is 9.08. The Bertz CT molecular complexity index is 1020. The molecule has 5 nitrogen and oxygen atoms in total. The first-order valence-corrected chi connectivity index (χ1v) is 12.6. The van der Waals surface area contributed by atoms with Crippen LogP contribution in [0.5, 0.6) is 5.75 Å². The van der Waals surface area contributed by atoms with Crippen LogP contribution in [0.15, 0.2) is 46.5 Å². The number of aromatic hydroxyl groups is 1. The number of halogens is 1. The molecule has 0 unspecified atom stereocenters. The van der Waals surface area contributed by atoms with Gasteiger partial charge in [-0.15, -0.1) is 0 Å². The van der Waals surface area contributed by atoms with Crippen LogP contribution in [0.3, 0.4) is 0 Å². The van der Waals surface area contributed by atoms with Crippen LogP contribution >= 0.6 is 16.1 Å². The maximum atomic E-state index is 13.5. The largest absolute Gasteiger partial charge is 0.507 e. The van der Waals surface area contributed by atoms with Crippen LogP contribution in [-0.4, -0.2) is 46.4 Å². The lowest BCUT2D eigenvalue weighted by Crippen LogP contribution is -2.33. The molecule has 2 aromatic carbocycles. The number of hydrogen-bond acceptors (Lipinski definition) is 4. The van der Waals surface area contributed by atoms with E-state index in [-0.39, 0.29) is 47.4 Å². The predicted octanol–water partition coefficient (Wildman–Crippen LogP) is 5.66. The molecule has 0 saturated carbocycles. The molecule has 184 valence electrons. The molecular weight excluding hydrogens is 492 g/mol. The summed E-state index contributed by atoms with van der Waals surface area (Å²) in [6, 6.07) is 13.8. The molecule has 2 N–H and O–H groups in total.